The molecule has 0 spiro atoms. The first-order chi connectivity index (χ1) is 12.5. The Balaban J connectivity index is 1.83. The second kappa shape index (κ2) is 7.97. The molecule has 2 aromatic carbocycles. The van der Waals surface area contributed by atoms with Gasteiger partial charge in [0.15, 0.2) is 0 Å². The molecule has 0 saturated heterocycles. The van der Waals surface area contributed by atoms with Crippen LogP contribution in [0.5, 0.6) is 11.5 Å². The van der Waals surface area contributed by atoms with E-state index in [1.807, 2.05) is 18.2 Å². The molecule has 7 nitrogen and oxygen atoms in total. The van der Waals surface area contributed by atoms with E-state index in [1.54, 1.807) is 12.1 Å². The molecule has 0 heterocycles. The topological polar surface area (TPSA) is 107 Å². The molecule has 1 aliphatic rings. The molecule has 3 rings (SSSR count). The minimum atomic E-state index is -0.525. The second-order valence-electron chi connectivity index (χ2n) is 6.44. The third-order valence-electron chi connectivity index (χ3n) is 4.50. The van der Waals surface area contributed by atoms with Gasteiger partial charge in [0.25, 0.3) is 11.6 Å². The minimum Gasteiger partial charge on any atom is -0.457 e. The molecule has 0 atom stereocenters. The summed E-state index contributed by atoms with van der Waals surface area (Å²) in [6.07, 6.45) is 3.31. The number of carbonyl (C=O) groups is 1. The number of hydrogen-bond acceptors (Lipinski definition) is 5. The molecule has 2 aromatic rings. The van der Waals surface area contributed by atoms with Gasteiger partial charge < -0.3 is 15.8 Å². The Morgan fingerprint density at radius 3 is 2.46 bits per heavy atom. The Hall–Kier alpha value is -2.93. The van der Waals surface area contributed by atoms with Crippen LogP contribution in [-0.2, 0) is 0 Å². The largest absolute Gasteiger partial charge is 0.457 e. The quantitative estimate of drug-likeness (QED) is 0.631. The average Bonchev–Trinajstić information content (AvgIpc) is 2.64. The molecule has 1 fully saturated rings. The lowest BCUT2D eigenvalue weighted by molar-refractivity contribution is -0.384. The molecule has 1 aliphatic carbocycles. The number of amides is 1. The van der Waals surface area contributed by atoms with Crippen molar-refractivity contribution >= 4 is 11.6 Å². The SMILES string of the molecule is NC1CCC(NC(=O)c2cc([N+](=O)[O-])ccc2Oc2ccccc2)CC1. The number of nitro benzene ring substituents is 1. The van der Waals surface area contributed by atoms with E-state index >= 15 is 0 Å². The van der Waals surface area contributed by atoms with Crippen LogP contribution in [0.4, 0.5) is 5.69 Å². The number of para-hydroxylation sites is 1. The summed E-state index contributed by atoms with van der Waals surface area (Å²) in [4.78, 5) is 23.3. The number of nitrogens with zero attached hydrogens (tertiary/aromatic N) is 1. The van der Waals surface area contributed by atoms with Crippen LogP contribution in [0.15, 0.2) is 48.5 Å². The van der Waals surface area contributed by atoms with Gasteiger partial charge in [0.2, 0.25) is 0 Å². The molecular formula is C19H21N3O4. The highest BCUT2D eigenvalue weighted by Crippen LogP contribution is 2.29. The summed E-state index contributed by atoms with van der Waals surface area (Å²) in [5, 5.41) is 14.0. The maximum Gasteiger partial charge on any atom is 0.270 e. The number of nitro groups is 1. The Morgan fingerprint density at radius 1 is 1.12 bits per heavy atom. The molecule has 0 radical (unpaired) electrons. The highest BCUT2D eigenvalue weighted by atomic mass is 16.6. The zero-order valence-corrected chi connectivity index (χ0v) is 14.3. The zero-order chi connectivity index (χ0) is 18.5. The van der Waals surface area contributed by atoms with Crippen LogP contribution in [0.25, 0.3) is 0 Å². The van der Waals surface area contributed by atoms with Crippen molar-refractivity contribution in [2.24, 2.45) is 5.73 Å². The van der Waals surface area contributed by atoms with Crippen LogP contribution >= 0.6 is 0 Å². The van der Waals surface area contributed by atoms with Gasteiger partial charge in [0.05, 0.1) is 10.5 Å². The number of carbonyl (C=O) groups excluding carboxylic acids is 1. The first-order valence-corrected chi connectivity index (χ1v) is 8.60. The lowest BCUT2D eigenvalue weighted by Gasteiger charge is -2.27. The highest BCUT2D eigenvalue weighted by Gasteiger charge is 2.24. The van der Waals surface area contributed by atoms with E-state index in [0.29, 0.717) is 5.75 Å². The summed E-state index contributed by atoms with van der Waals surface area (Å²) in [7, 11) is 0. The Labute approximate surface area is 151 Å². The fraction of sp³-hybridized carbons (Fsp3) is 0.316. The summed E-state index contributed by atoms with van der Waals surface area (Å²) in [5.41, 5.74) is 5.89. The Bertz CT molecular complexity index is 787. The Morgan fingerprint density at radius 2 is 1.81 bits per heavy atom. The highest BCUT2D eigenvalue weighted by molar-refractivity contribution is 5.97. The van der Waals surface area contributed by atoms with E-state index in [-0.39, 0.29) is 35.0 Å². The molecule has 7 heteroatoms. The molecule has 0 bridgehead atoms. The van der Waals surface area contributed by atoms with Crippen LogP contribution in [0.1, 0.15) is 36.0 Å². The summed E-state index contributed by atoms with van der Waals surface area (Å²) < 4.78 is 5.77. The van der Waals surface area contributed by atoms with Crippen LogP contribution in [0, 0.1) is 10.1 Å². The number of hydrogen-bond donors (Lipinski definition) is 2. The van der Waals surface area contributed by atoms with Gasteiger partial charge in [-0.15, -0.1) is 0 Å². The van der Waals surface area contributed by atoms with Gasteiger partial charge in [0, 0.05) is 24.2 Å². The Kier molecular flexibility index (Phi) is 5.48. The van der Waals surface area contributed by atoms with E-state index in [0.717, 1.165) is 25.7 Å². The van der Waals surface area contributed by atoms with Crippen molar-refractivity contribution in [3.63, 3.8) is 0 Å². The van der Waals surface area contributed by atoms with Gasteiger partial charge in [0.1, 0.15) is 11.5 Å². The van der Waals surface area contributed by atoms with Crippen molar-refractivity contribution < 1.29 is 14.5 Å². The van der Waals surface area contributed by atoms with E-state index in [2.05, 4.69) is 5.32 Å². The predicted molar refractivity (Wildman–Crippen MR) is 97.3 cm³/mol. The van der Waals surface area contributed by atoms with E-state index in [4.69, 9.17) is 10.5 Å². The average molecular weight is 355 g/mol. The van der Waals surface area contributed by atoms with Gasteiger partial charge in [-0.3, -0.25) is 14.9 Å². The predicted octanol–water partition coefficient (Wildman–Crippen LogP) is 3.39. The van der Waals surface area contributed by atoms with E-state index in [9.17, 15) is 14.9 Å². The molecule has 0 aromatic heterocycles. The molecule has 3 N–H and O–H groups in total. The van der Waals surface area contributed by atoms with Crippen molar-refractivity contribution in [2.75, 3.05) is 0 Å². The van der Waals surface area contributed by atoms with Crippen LogP contribution in [0.2, 0.25) is 0 Å². The van der Waals surface area contributed by atoms with Crippen LogP contribution in [-0.4, -0.2) is 22.9 Å². The summed E-state index contributed by atoms with van der Waals surface area (Å²) >= 11 is 0. The molecule has 1 saturated carbocycles. The van der Waals surface area contributed by atoms with Crippen molar-refractivity contribution in [1.82, 2.24) is 5.32 Å². The minimum absolute atomic E-state index is 0.0196. The van der Waals surface area contributed by atoms with Gasteiger partial charge in [-0.2, -0.15) is 0 Å². The van der Waals surface area contributed by atoms with Gasteiger partial charge in [-0.1, -0.05) is 18.2 Å². The summed E-state index contributed by atoms with van der Waals surface area (Å²) in [6.45, 7) is 0. The molecule has 26 heavy (non-hydrogen) atoms. The third-order valence-corrected chi connectivity index (χ3v) is 4.50. The third kappa shape index (κ3) is 4.37. The fourth-order valence-corrected chi connectivity index (χ4v) is 3.04. The van der Waals surface area contributed by atoms with E-state index < -0.39 is 4.92 Å². The normalized spacial score (nSPS) is 19.6. The number of ether oxygens (including phenoxy) is 1. The molecule has 0 unspecified atom stereocenters. The number of non-ortho nitro benzene ring substituents is 1. The maximum atomic E-state index is 12.7. The lowest BCUT2D eigenvalue weighted by atomic mass is 9.91. The monoisotopic (exact) mass is 355 g/mol. The number of nitrogens with one attached hydrogen (secondary N) is 1. The van der Waals surface area contributed by atoms with E-state index in [1.165, 1.54) is 18.2 Å². The van der Waals surface area contributed by atoms with Gasteiger partial charge in [-0.25, -0.2) is 0 Å². The second-order valence-corrected chi connectivity index (χ2v) is 6.44. The molecule has 0 aliphatic heterocycles. The van der Waals surface area contributed by atoms with Gasteiger partial charge in [-0.05, 0) is 43.9 Å². The standard InChI is InChI=1S/C19H21N3O4/c20-13-6-8-14(9-7-13)21-19(23)17-12-15(22(24)25)10-11-18(17)26-16-4-2-1-3-5-16/h1-5,10-14H,6-9,20H2,(H,21,23). The van der Waals surface area contributed by atoms with Crippen LogP contribution in [0.3, 0.4) is 0 Å². The summed E-state index contributed by atoms with van der Waals surface area (Å²) in [5.74, 6) is 0.464. The van der Waals surface area contributed by atoms with Crippen molar-refractivity contribution in [3.05, 3.63) is 64.2 Å². The van der Waals surface area contributed by atoms with Crippen molar-refractivity contribution in [2.45, 2.75) is 37.8 Å². The maximum absolute atomic E-state index is 12.7. The lowest BCUT2D eigenvalue weighted by Crippen LogP contribution is -2.40. The number of rotatable bonds is 5. The van der Waals surface area contributed by atoms with Crippen molar-refractivity contribution in [3.8, 4) is 11.5 Å². The van der Waals surface area contributed by atoms with Crippen LogP contribution < -0.4 is 15.8 Å². The molecule has 1 amide bonds. The first kappa shape index (κ1) is 17.9. The number of benzene rings is 2. The zero-order valence-electron chi connectivity index (χ0n) is 14.3. The molecular weight excluding hydrogens is 334 g/mol. The van der Waals surface area contributed by atoms with Crippen molar-refractivity contribution in [1.29, 1.82) is 0 Å². The summed E-state index contributed by atoms with van der Waals surface area (Å²) in [6, 6.07) is 13.2. The smallest absolute Gasteiger partial charge is 0.270 e. The first-order valence-electron chi connectivity index (χ1n) is 8.60. The van der Waals surface area contributed by atoms with Gasteiger partial charge >= 0.3 is 0 Å². The number of nitrogens with two attached hydrogens (primary N) is 1. The fourth-order valence-electron chi connectivity index (χ4n) is 3.04. The molecule has 136 valence electrons.